The maximum atomic E-state index is 11.2. The largest absolute Gasteiger partial charge is 0.465 e. The number of rotatable bonds is 2. The minimum atomic E-state index is -1.22. The Hall–Kier alpha value is -1.34. The van der Waals surface area contributed by atoms with Crippen LogP contribution < -0.4 is 10.6 Å². The van der Waals surface area contributed by atoms with Gasteiger partial charge in [-0.2, -0.15) is 0 Å². The van der Waals surface area contributed by atoms with E-state index in [0.29, 0.717) is 6.61 Å². The van der Waals surface area contributed by atoms with Crippen molar-refractivity contribution in [2.75, 3.05) is 6.61 Å². The van der Waals surface area contributed by atoms with Crippen LogP contribution in [0.1, 0.15) is 13.8 Å². The molecule has 0 bridgehead atoms. The Balaban J connectivity index is 1.96. The van der Waals surface area contributed by atoms with Crippen molar-refractivity contribution in [2.45, 2.75) is 37.8 Å². The molecule has 0 aromatic rings. The summed E-state index contributed by atoms with van der Waals surface area (Å²) in [6.45, 7) is 3.88. The van der Waals surface area contributed by atoms with Gasteiger partial charge in [-0.25, -0.2) is 4.79 Å². The Morgan fingerprint density at radius 1 is 1.62 bits per heavy atom. The lowest BCUT2D eigenvalue weighted by Gasteiger charge is -2.39. The maximum Gasteiger partial charge on any atom is 0.405 e. The second-order valence-corrected chi connectivity index (χ2v) is 4.33. The van der Waals surface area contributed by atoms with Crippen molar-refractivity contribution in [1.29, 1.82) is 0 Å². The number of β-lactam (4-membered cyclic amide) rings is 1. The average molecular weight is 230 g/mol. The lowest BCUT2D eigenvalue weighted by atomic mass is 9.94. The second-order valence-electron chi connectivity index (χ2n) is 4.33. The number of carbonyl (C=O) groups excluding carboxylic acids is 1. The zero-order valence-electron chi connectivity index (χ0n) is 9.02. The summed E-state index contributed by atoms with van der Waals surface area (Å²) in [4.78, 5) is 21.6. The molecule has 0 aliphatic carbocycles. The van der Waals surface area contributed by atoms with Gasteiger partial charge in [-0.3, -0.25) is 4.79 Å². The van der Waals surface area contributed by atoms with E-state index in [9.17, 15) is 9.59 Å². The zero-order valence-corrected chi connectivity index (χ0v) is 9.02. The smallest absolute Gasteiger partial charge is 0.405 e. The first-order valence-corrected chi connectivity index (χ1v) is 5.01. The molecule has 90 valence electrons. The van der Waals surface area contributed by atoms with Gasteiger partial charge in [0.25, 0.3) is 0 Å². The third-order valence-corrected chi connectivity index (χ3v) is 2.66. The molecule has 2 saturated heterocycles. The molecule has 2 aliphatic rings. The third kappa shape index (κ3) is 1.96. The van der Waals surface area contributed by atoms with Gasteiger partial charge in [0.1, 0.15) is 12.1 Å². The fraction of sp³-hybridized carbons (Fsp3) is 0.778. The first-order chi connectivity index (χ1) is 7.39. The van der Waals surface area contributed by atoms with E-state index in [1.165, 1.54) is 0 Å². The van der Waals surface area contributed by atoms with E-state index in [2.05, 4.69) is 10.6 Å². The van der Waals surface area contributed by atoms with E-state index >= 15 is 0 Å². The molecule has 0 aromatic carbocycles. The molecular formula is C9H14N2O5. The topological polar surface area (TPSA) is 96.9 Å². The number of nitrogens with one attached hydrogen (secondary N) is 2. The van der Waals surface area contributed by atoms with Crippen molar-refractivity contribution in [3.63, 3.8) is 0 Å². The van der Waals surface area contributed by atoms with Crippen LogP contribution >= 0.6 is 0 Å². The Morgan fingerprint density at radius 3 is 2.75 bits per heavy atom. The molecule has 0 aromatic heterocycles. The molecule has 2 fully saturated rings. The van der Waals surface area contributed by atoms with Crippen LogP contribution in [0.25, 0.3) is 0 Å². The molecule has 0 spiro atoms. The van der Waals surface area contributed by atoms with E-state index in [1.807, 2.05) is 0 Å². The molecule has 2 amide bonds. The fourth-order valence-electron chi connectivity index (χ4n) is 1.89. The molecule has 2 rings (SSSR count). The summed E-state index contributed by atoms with van der Waals surface area (Å²) in [6.07, 6.45) is -1.53. The SMILES string of the molecule is CC1(C)OC[C@@H]([C@H]2NC(=O)[C@H]2NC(=O)O)O1. The second kappa shape index (κ2) is 3.60. The zero-order chi connectivity index (χ0) is 11.9. The number of hydrogen-bond donors (Lipinski definition) is 3. The van der Waals surface area contributed by atoms with Crippen molar-refractivity contribution >= 4 is 12.0 Å². The van der Waals surface area contributed by atoms with Gasteiger partial charge < -0.3 is 25.2 Å². The molecule has 0 radical (unpaired) electrons. The van der Waals surface area contributed by atoms with E-state index in [-0.39, 0.29) is 18.1 Å². The Morgan fingerprint density at radius 2 is 2.31 bits per heavy atom. The Kier molecular flexibility index (Phi) is 2.51. The van der Waals surface area contributed by atoms with Crippen molar-refractivity contribution in [3.05, 3.63) is 0 Å². The predicted molar refractivity (Wildman–Crippen MR) is 51.8 cm³/mol. The standard InChI is InChI=1S/C9H14N2O5/c1-9(2)15-3-4(16-9)5-6(7(12)10-5)11-8(13)14/h4-6,11H,3H2,1-2H3,(H,10,12)(H,13,14)/t4-,5+,6-/m0/s1. The van der Waals surface area contributed by atoms with Gasteiger partial charge in [0.2, 0.25) is 5.91 Å². The van der Waals surface area contributed by atoms with E-state index in [1.54, 1.807) is 13.8 Å². The summed E-state index contributed by atoms with van der Waals surface area (Å²) in [7, 11) is 0. The number of carbonyl (C=O) groups is 2. The van der Waals surface area contributed by atoms with Gasteiger partial charge in [0.05, 0.1) is 12.6 Å². The molecule has 7 heteroatoms. The summed E-state index contributed by atoms with van der Waals surface area (Å²) in [6, 6.07) is -1.11. The minimum Gasteiger partial charge on any atom is -0.465 e. The summed E-state index contributed by atoms with van der Waals surface area (Å²) in [5.74, 6) is -1.01. The number of ether oxygens (including phenoxy) is 2. The highest BCUT2D eigenvalue weighted by molar-refractivity contribution is 5.92. The fourth-order valence-corrected chi connectivity index (χ4v) is 1.89. The first-order valence-electron chi connectivity index (χ1n) is 5.01. The number of amides is 2. The molecule has 16 heavy (non-hydrogen) atoms. The van der Waals surface area contributed by atoms with E-state index < -0.39 is 17.9 Å². The van der Waals surface area contributed by atoms with Crippen LogP contribution in [0, 0.1) is 0 Å². The molecule has 3 atom stereocenters. The van der Waals surface area contributed by atoms with Crippen LogP contribution in [0.15, 0.2) is 0 Å². The molecule has 0 saturated carbocycles. The Bertz CT molecular complexity index is 330. The minimum absolute atomic E-state index is 0.315. The quantitative estimate of drug-likeness (QED) is 0.543. The molecule has 2 heterocycles. The first kappa shape index (κ1) is 11.2. The monoisotopic (exact) mass is 230 g/mol. The van der Waals surface area contributed by atoms with Crippen LogP contribution in [-0.4, -0.2) is 47.7 Å². The van der Waals surface area contributed by atoms with Crippen molar-refractivity contribution in [3.8, 4) is 0 Å². The average Bonchev–Trinajstić information content (AvgIpc) is 2.51. The lowest BCUT2D eigenvalue weighted by Crippen LogP contribution is -2.73. The van der Waals surface area contributed by atoms with Gasteiger partial charge in [0.15, 0.2) is 5.79 Å². The highest BCUT2D eigenvalue weighted by atomic mass is 16.7. The van der Waals surface area contributed by atoms with Crippen molar-refractivity contribution in [1.82, 2.24) is 10.6 Å². The van der Waals surface area contributed by atoms with Gasteiger partial charge in [-0.1, -0.05) is 0 Å². The van der Waals surface area contributed by atoms with Gasteiger partial charge >= 0.3 is 6.09 Å². The van der Waals surface area contributed by atoms with Crippen LogP contribution in [0.5, 0.6) is 0 Å². The number of hydrogen-bond acceptors (Lipinski definition) is 4. The van der Waals surface area contributed by atoms with Gasteiger partial charge in [0, 0.05) is 0 Å². The van der Waals surface area contributed by atoms with E-state index in [4.69, 9.17) is 14.6 Å². The summed E-state index contributed by atoms with van der Waals surface area (Å²) >= 11 is 0. The van der Waals surface area contributed by atoms with Crippen LogP contribution in [-0.2, 0) is 14.3 Å². The summed E-state index contributed by atoms with van der Waals surface area (Å²) < 4.78 is 10.9. The summed E-state index contributed by atoms with van der Waals surface area (Å²) in [5, 5.41) is 13.3. The molecule has 0 unspecified atom stereocenters. The third-order valence-electron chi connectivity index (χ3n) is 2.66. The normalized spacial score (nSPS) is 36.4. The Labute approximate surface area is 92.1 Å². The highest BCUT2D eigenvalue weighted by Gasteiger charge is 2.49. The van der Waals surface area contributed by atoms with Crippen LogP contribution in [0.2, 0.25) is 0 Å². The van der Waals surface area contributed by atoms with Crippen molar-refractivity contribution in [2.24, 2.45) is 0 Å². The number of carboxylic acid groups (broad SMARTS) is 1. The molecular weight excluding hydrogens is 216 g/mol. The lowest BCUT2D eigenvalue weighted by molar-refractivity contribution is -0.153. The highest BCUT2D eigenvalue weighted by Crippen LogP contribution is 2.27. The summed E-state index contributed by atoms with van der Waals surface area (Å²) in [5.41, 5.74) is 0. The predicted octanol–water partition coefficient (Wildman–Crippen LogP) is -0.727. The van der Waals surface area contributed by atoms with Gasteiger partial charge in [-0.15, -0.1) is 0 Å². The van der Waals surface area contributed by atoms with E-state index in [0.717, 1.165) is 0 Å². The van der Waals surface area contributed by atoms with Crippen LogP contribution in [0.4, 0.5) is 4.79 Å². The van der Waals surface area contributed by atoms with Gasteiger partial charge in [-0.05, 0) is 13.8 Å². The maximum absolute atomic E-state index is 11.2. The molecule has 2 aliphatic heterocycles. The molecule has 3 N–H and O–H groups in total. The van der Waals surface area contributed by atoms with Crippen molar-refractivity contribution < 1.29 is 24.2 Å². The van der Waals surface area contributed by atoms with Crippen LogP contribution in [0.3, 0.4) is 0 Å². The molecule has 7 nitrogen and oxygen atoms in total.